The molecule has 0 radical (unpaired) electrons. The number of hydrogen-bond donors (Lipinski definition) is 2. The molecule has 1 aromatic heterocycles. The number of halogens is 1. The van der Waals surface area contributed by atoms with E-state index in [4.69, 9.17) is 21.3 Å². The summed E-state index contributed by atoms with van der Waals surface area (Å²) in [6, 6.07) is 4.88. The molecule has 1 aromatic carbocycles. The smallest absolute Gasteiger partial charge is 0.338 e. The van der Waals surface area contributed by atoms with E-state index >= 15 is 0 Å². The molecule has 2 atom stereocenters. The van der Waals surface area contributed by atoms with Crippen molar-refractivity contribution in [2.75, 3.05) is 19.7 Å². The van der Waals surface area contributed by atoms with E-state index in [9.17, 15) is 9.59 Å². The predicted molar refractivity (Wildman–Crippen MR) is 122 cm³/mol. The SMILES string of the molecule is CCOC(=O)C1=C2C[C@@]3(CNC(=O)N3)CN2C(c2nccs2)=N[C@H]1c1ccc(C)cc1Cl. The number of ether oxygens (including phenoxy) is 1. The zero-order valence-electron chi connectivity index (χ0n) is 17.6. The summed E-state index contributed by atoms with van der Waals surface area (Å²) in [5, 5.41) is 9.06. The molecule has 3 aliphatic heterocycles. The number of nitrogens with zero attached hydrogens (tertiary/aromatic N) is 3. The van der Waals surface area contributed by atoms with E-state index in [-0.39, 0.29) is 12.6 Å². The van der Waals surface area contributed by atoms with Crippen molar-refractivity contribution in [3.8, 4) is 0 Å². The van der Waals surface area contributed by atoms with Crippen LogP contribution < -0.4 is 10.6 Å². The quantitative estimate of drug-likeness (QED) is 0.668. The van der Waals surface area contributed by atoms with E-state index in [1.165, 1.54) is 11.3 Å². The van der Waals surface area contributed by atoms with Gasteiger partial charge in [0.2, 0.25) is 0 Å². The number of hydrogen-bond acceptors (Lipinski definition) is 7. The molecule has 3 aliphatic rings. The first-order chi connectivity index (χ1) is 15.4. The van der Waals surface area contributed by atoms with Gasteiger partial charge in [-0.25, -0.2) is 14.6 Å². The van der Waals surface area contributed by atoms with Crippen LogP contribution in [0.3, 0.4) is 0 Å². The van der Waals surface area contributed by atoms with Crippen LogP contribution in [0.1, 0.15) is 35.5 Å². The number of aliphatic imine (C=N–C) groups is 1. The average molecular weight is 472 g/mol. The molecule has 0 saturated carbocycles. The van der Waals surface area contributed by atoms with Crippen LogP contribution in [0.5, 0.6) is 0 Å². The third kappa shape index (κ3) is 3.45. The lowest BCUT2D eigenvalue weighted by Gasteiger charge is -2.32. The second-order valence-electron chi connectivity index (χ2n) is 8.15. The largest absolute Gasteiger partial charge is 0.463 e. The summed E-state index contributed by atoms with van der Waals surface area (Å²) in [6.07, 6.45) is 2.20. The number of benzene rings is 1. The number of amidine groups is 1. The number of nitrogens with one attached hydrogen (secondary N) is 2. The number of fused-ring (bicyclic) bond motifs is 1. The Morgan fingerprint density at radius 1 is 1.44 bits per heavy atom. The Labute approximate surface area is 194 Å². The summed E-state index contributed by atoms with van der Waals surface area (Å²) in [4.78, 5) is 36.7. The van der Waals surface area contributed by atoms with Gasteiger partial charge in [-0.05, 0) is 25.5 Å². The molecule has 2 aromatic rings. The molecular formula is C22H22ClN5O3S. The Morgan fingerprint density at radius 3 is 2.94 bits per heavy atom. The maximum atomic E-state index is 13.2. The molecule has 0 unspecified atom stereocenters. The van der Waals surface area contributed by atoms with Gasteiger partial charge in [-0.3, -0.25) is 4.99 Å². The van der Waals surface area contributed by atoms with Gasteiger partial charge in [0.15, 0.2) is 10.8 Å². The van der Waals surface area contributed by atoms with Crippen molar-refractivity contribution >= 4 is 40.8 Å². The molecule has 0 bridgehead atoms. The number of rotatable bonds is 4. The molecule has 2 fully saturated rings. The zero-order valence-corrected chi connectivity index (χ0v) is 19.2. The number of carbonyl (C=O) groups is 2. The van der Waals surface area contributed by atoms with E-state index < -0.39 is 17.6 Å². The normalized spacial score (nSPS) is 24.3. The summed E-state index contributed by atoms with van der Waals surface area (Å²) >= 11 is 8.10. The lowest BCUT2D eigenvalue weighted by Crippen LogP contribution is -2.47. The van der Waals surface area contributed by atoms with Crippen LogP contribution in [-0.2, 0) is 9.53 Å². The van der Waals surface area contributed by atoms with Crippen molar-refractivity contribution in [3.63, 3.8) is 0 Å². The van der Waals surface area contributed by atoms with Crippen molar-refractivity contribution < 1.29 is 14.3 Å². The van der Waals surface area contributed by atoms with E-state index in [0.29, 0.717) is 35.9 Å². The molecule has 2 N–H and O–H groups in total. The Bertz CT molecular complexity index is 1160. The third-order valence-corrected chi connectivity index (χ3v) is 7.02. The molecule has 2 saturated heterocycles. The van der Waals surface area contributed by atoms with Crippen LogP contribution in [0.15, 0.2) is 46.0 Å². The zero-order chi connectivity index (χ0) is 22.5. The topological polar surface area (TPSA) is 95.9 Å². The van der Waals surface area contributed by atoms with Crippen molar-refractivity contribution in [2.45, 2.75) is 31.8 Å². The van der Waals surface area contributed by atoms with Crippen molar-refractivity contribution in [1.82, 2.24) is 20.5 Å². The highest BCUT2D eigenvalue weighted by Crippen LogP contribution is 2.45. The summed E-state index contributed by atoms with van der Waals surface area (Å²) in [6.45, 7) is 4.93. The number of urea groups is 1. The van der Waals surface area contributed by atoms with Gasteiger partial charge in [0.05, 0.1) is 17.7 Å². The Morgan fingerprint density at radius 2 is 2.28 bits per heavy atom. The predicted octanol–water partition coefficient (Wildman–Crippen LogP) is 3.18. The fourth-order valence-corrected chi connectivity index (χ4v) is 5.51. The Balaban J connectivity index is 1.70. The average Bonchev–Trinajstić information content (AvgIpc) is 3.47. The number of aromatic nitrogens is 1. The van der Waals surface area contributed by atoms with Crippen LogP contribution in [-0.4, -0.2) is 53.0 Å². The first kappa shape index (κ1) is 21.0. The van der Waals surface area contributed by atoms with E-state index in [2.05, 4.69) is 15.6 Å². The molecule has 5 rings (SSSR count). The highest BCUT2D eigenvalue weighted by Gasteiger charge is 2.51. The minimum absolute atomic E-state index is 0.214. The molecule has 4 heterocycles. The van der Waals surface area contributed by atoms with Gasteiger partial charge in [0.1, 0.15) is 6.04 Å². The fourth-order valence-electron chi connectivity index (χ4n) is 4.53. The monoisotopic (exact) mass is 471 g/mol. The van der Waals surface area contributed by atoms with Crippen LogP contribution in [0.2, 0.25) is 5.02 Å². The van der Waals surface area contributed by atoms with Gasteiger partial charge in [-0.2, -0.15) is 0 Å². The highest BCUT2D eigenvalue weighted by atomic mass is 35.5. The molecule has 2 amide bonds. The van der Waals surface area contributed by atoms with Crippen LogP contribution >= 0.6 is 22.9 Å². The second kappa shape index (κ2) is 7.90. The first-order valence-corrected chi connectivity index (χ1v) is 11.6. The van der Waals surface area contributed by atoms with E-state index in [0.717, 1.165) is 21.8 Å². The maximum absolute atomic E-state index is 13.2. The van der Waals surface area contributed by atoms with Gasteiger partial charge in [0.25, 0.3) is 0 Å². The van der Waals surface area contributed by atoms with Crippen molar-refractivity contribution in [3.05, 3.63) is 62.2 Å². The molecule has 10 heteroatoms. The second-order valence-corrected chi connectivity index (χ2v) is 9.45. The van der Waals surface area contributed by atoms with Gasteiger partial charge in [0, 0.05) is 47.4 Å². The van der Waals surface area contributed by atoms with Crippen molar-refractivity contribution in [1.29, 1.82) is 0 Å². The summed E-state index contributed by atoms with van der Waals surface area (Å²) in [5.41, 5.74) is 2.46. The molecular weight excluding hydrogens is 450 g/mol. The first-order valence-electron chi connectivity index (χ1n) is 10.4. The third-order valence-electron chi connectivity index (χ3n) is 5.92. The molecule has 166 valence electrons. The van der Waals surface area contributed by atoms with Gasteiger partial charge >= 0.3 is 12.0 Å². The summed E-state index contributed by atoms with van der Waals surface area (Å²) in [7, 11) is 0. The van der Waals surface area contributed by atoms with Crippen LogP contribution in [0.4, 0.5) is 4.79 Å². The number of amides is 2. The number of aryl methyl sites for hydroxylation is 1. The van der Waals surface area contributed by atoms with Crippen LogP contribution in [0.25, 0.3) is 0 Å². The molecule has 8 nitrogen and oxygen atoms in total. The van der Waals surface area contributed by atoms with E-state index in [1.807, 2.05) is 35.4 Å². The summed E-state index contributed by atoms with van der Waals surface area (Å²) < 4.78 is 5.45. The molecule has 0 aliphatic carbocycles. The minimum Gasteiger partial charge on any atom is -0.463 e. The van der Waals surface area contributed by atoms with E-state index in [1.54, 1.807) is 13.1 Å². The van der Waals surface area contributed by atoms with Gasteiger partial charge in [-0.1, -0.05) is 23.7 Å². The molecule has 32 heavy (non-hydrogen) atoms. The fraction of sp³-hybridized carbons (Fsp3) is 0.364. The minimum atomic E-state index is -0.632. The lowest BCUT2D eigenvalue weighted by molar-refractivity contribution is -0.139. The number of esters is 1. The lowest BCUT2D eigenvalue weighted by atomic mass is 9.91. The summed E-state index contributed by atoms with van der Waals surface area (Å²) in [5.74, 6) is 0.244. The van der Waals surface area contributed by atoms with Crippen molar-refractivity contribution in [2.24, 2.45) is 4.99 Å². The number of thiazole rings is 1. The van der Waals surface area contributed by atoms with Gasteiger partial charge in [-0.15, -0.1) is 11.3 Å². The number of carbonyl (C=O) groups excluding carboxylic acids is 2. The van der Waals surface area contributed by atoms with Gasteiger partial charge < -0.3 is 20.3 Å². The Kier molecular flexibility index (Phi) is 5.17. The van der Waals surface area contributed by atoms with Crippen LogP contribution in [0, 0.1) is 6.92 Å². The molecule has 1 spiro atoms. The highest BCUT2D eigenvalue weighted by molar-refractivity contribution is 7.11. The standard InChI is InChI=1S/C22H22ClN5O3S/c1-3-31-20(29)16-15-9-22(10-25-21(30)27-22)11-28(15)18(19-24-6-7-32-19)26-17(16)13-5-4-12(2)8-14(13)23/h4-8,17H,3,9-11H2,1-2H3,(H2,25,27,30)/t17-,22+/m0/s1. The Hall–Kier alpha value is -2.91. The maximum Gasteiger partial charge on any atom is 0.338 e.